The Morgan fingerprint density at radius 1 is 1.32 bits per heavy atom. The van der Waals surface area contributed by atoms with Gasteiger partial charge in [-0.2, -0.15) is 0 Å². The number of hydrogen-bond acceptors (Lipinski definition) is 4. The molecule has 3 rings (SSSR count). The highest BCUT2D eigenvalue weighted by Gasteiger charge is 2.26. The number of amides is 2. The average molecular weight is 386 g/mol. The number of aromatic nitrogens is 2. The topological polar surface area (TPSA) is 76.5 Å². The van der Waals surface area contributed by atoms with E-state index in [4.69, 9.17) is 4.74 Å². The Kier molecular flexibility index (Phi) is 5.63. The monoisotopic (exact) mass is 386 g/mol. The van der Waals surface area contributed by atoms with Gasteiger partial charge < -0.3 is 19.5 Å². The van der Waals surface area contributed by atoms with Crippen molar-refractivity contribution in [1.29, 1.82) is 0 Å². The molecule has 2 amide bonds. The number of nitrogens with zero attached hydrogens (tertiary/aromatic N) is 3. The van der Waals surface area contributed by atoms with Crippen LogP contribution in [0.25, 0.3) is 11.0 Å². The van der Waals surface area contributed by atoms with Crippen molar-refractivity contribution >= 4 is 23.0 Å². The van der Waals surface area contributed by atoms with Gasteiger partial charge in [-0.15, -0.1) is 0 Å². The highest BCUT2D eigenvalue weighted by atomic mass is 16.6. The molecule has 7 nitrogen and oxygen atoms in total. The molecule has 7 heteroatoms. The number of piperidine rings is 1. The summed E-state index contributed by atoms with van der Waals surface area (Å²) in [5.74, 6) is 1.17. The van der Waals surface area contributed by atoms with Gasteiger partial charge in [0.05, 0.1) is 11.0 Å². The van der Waals surface area contributed by atoms with Crippen molar-refractivity contribution < 1.29 is 14.3 Å². The molecule has 1 aromatic heterocycles. The van der Waals surface area contributed by atoms with Gasteiger partial charge >= 0.3 is 6.09 Å². The highest BCUT2D eigenvalue weighted by Crippen LogP contribution is 2.21. The third kappa shape index (κ3) is 4.64. The zero-order chi connectivity index (χ0) is 20.5. The van der Waals surface area contributed by atoms with E-state index >= 15 is 0 Å². The molecule has 1 fully saturated rings. The molecule has 1 atom stereocenters. The number of likely N-dealkylation sites (tertiary alicyclic amines) is 1. The Labute approximate surface area is 166 Å². The molecule has 0 saturated carbocycles. The summed E-state index contributed by atoms with van der Waals surface area (Å²) in [5, 5.41) is 2.83. The van der Waals surface area contributed by atoms with Crippen LogP contribution < -0.4 is 5.32 Å². The largest absolute Gasteiger partial charge is 0.444 e. The molecule has 0 bridgehead atoms. The lowest BCUT2D eigenvalue weighted by Crippen LogP contribution is -2.44. The predicted molar refractivity (Wildman–Crippen MR) is 108 cm³/mol. The summed E-state index contributed by atoms with van der Waals surface area (Å²) < 4.78 is 7.30. The molecule has 2 aromatic rings. The van der Waals surface area contributed by atoms with Crippen LogP contribution in [0, 0.1) is 12.8 Å². The molecule has 152 valence electrons. The number of benzene rings is 1. The molecule has 1 aliphatic rings. The number of alkyl carbamates (subject to hydrolysis) is 1. The maximum absolute atomic E-state index is 13.0. The molecule has 0 spiro atoms. The Bertz CT molecular complexity index is 882. The van der Waals surface area contributed by atoms with Gasteiger partial charge in [0.1, 0.15) is 11.4 Å². The molecule has 2 heterocycles. The van der Waals surface area contributed by atoms with Crippen molar-refractivity contribution in [3.05, 3.63) is 29.6 Å². The minimum atomic E-state index is -0.513. The van der Waals surface area contributed by atoms with Crippen LogP contribution >= 0.6 is 0 Å². The molecule has 0 unspecified atom stereocenters. The van der Waals surface area contributed by atoms with Gasteiger partial charge in [-0.3, -0.25) is 4.79 Å². The Balaban J connectivity index is 1.62. The van der Waals surface area contributed by atoms with E-state index in [2.05, 4.69) is 10.3 Å². The Hall–Kier alpha value is -2.57. The summed E-state index contributed by atoms with van der Waals surface area (Å²) >= 11 is 0. The molecular weight excluding hydrogens is 356 g/mol. The van der Waals surface area contributed by atoms with Crippen LogP contribution in [0.2, 0.25) is 0 Å². The van der Waals surface area contributed by atoms with Gasteiger partial charge in [0.15, 0.2) is 0 Å². The first-order chi connectivity index (χ1) is 13.1. The van der Waals surface area contributed by atoms with Gasteiger partial charge in [0.25, 0.3) is 5.91 Å². The molecule has 1 N–H and O–H groups in total. The minimum Gasteiger partial charge on any atom is -0.444 e. The zero-order valence-corrected chi connectivity index (χ0v) is 17.4. The number of ether oxygens (including phenoxy) is 1. The normalized spacial score (nSPS) is 17.6. The summed E-state index contributed by atoms with van der Waals surface area (Å²) in [5.41, 5.74) is 2.01. The minimum absolute atomic E-state index is 0.0205. The number of fused-ring (bicyclic) bond motifs is 1. The summed E-state index contributed by atoms with van der Waals surface area (Å²) in [6, 6.07) is 5.69. The van der Waals surface area contributed by atoms with Crippen molar-refractivity contribution in [2.24, 2.45) is 13.0 Å². The predicted octanol–water partition coefficient (Wildman–Crippen LogP) is 3.26. The van der Waals surface area contributed by atoms with Gasteiger partial charge in [0.2, 0.25) is 0 Å². The van der Waals surface area contributed by atoms with Crippen molar-refractivity contribution in [2.45, 2.75) is 46.1 Å². The van der Waals surface area contributed by atoms with E-state index < -0.39 is 11.7 Å². The van der Waals surface area contributed by atoms with Gasteiger partial charge in [-0.25, -0.2) is 9.78 Å². The van der Waals surface area contributed by atoms with Crippen LogP contribution in [0.5, 0.6) is 0 Å². The van der Waals surface area contributed by atoms with E-state index in [1.807, 2.05) is 62.4 Å². The standard InChI is InChI=1S/C21H30N4O3/c1-14-23-17-11-16(8-9-18(17)24(14)5)19(26)25-10-6-7-15(13-25)12-22-20(27)28-21(2,3)4/h8-9,11,15H,6-7,10,12-13H2,1-5H3,(H,22,27)/t15-/m1/s1. The van der Waals surface area contributed by atoms with Crippen LogP contribution in [0.4, 0.5) is 4.79 Å². The Morgan fingerprint density at radius 2 is 2.07 bits per heavy atom. The smallest absolute Gasteiger partial charge is 0.407 e. The van der Waals surface area contributed by atoms with Crippen LogP contribution in [0.1, 0.15) is 49.8 Å². The molecular formula is C21H30N4O3. The van der Waals surface area contributed by atoms with Crippen molar-refractivity contribution in [2.75, 3.05) is 19.6 Å². The van der Waals surface area contributed by atoms with E-state index in [1.54, 1.807) is 0 Å². The maximum atomic E-state index is 13.0. The number of aryl methyl sites for hydroxylation is 2. The highest BCUT2D eigenvalue weighted by molar-refractivity contribution is 5.97. The lowest BCUT2D eigenvalue weighted by Gasteiger charge is -2.33. The van der Waals surface area contributed by atoms with Crippen LogP contribution in [-0.4, -0.2) is 51.7 Å². The first kappa shape index (κ1) is 20.2. The summed E-state index contributed by atoms with van der Waals surface area (Å²) in [6.07, 6.45) is 1.50. The van der Waals surface area contributed by atoms with E-state index in [1.165, 1.54) is 0 Å². The molecule has 0 aliphatic carbocycles. The second kappa shape index (κ2) is 7.81. The van der Waals surface area contributed by atoms with Crippen LogP contribution in [0.3, 0.4) is 0 Å². The van der Waals surface area contributed by atoms with E-state index in [0.29, 0.717) is 18.7 Å². The fraction of sp³-hybridized carbons (Fsp3) is 0.571. The lowest BCUT2D eigenvalue weighted by atomic mass is 9.97. The number of hydrogen-bond donors (Lipinski definition) is 1. The number of rotatable bonds is 3. The Morgan fingerprint density at radius 3 is 2.79 bits per heavy atom. The molecule has 1 aliphatic heterocycles. The van der Waals surface area contributed by atoms with Gasteiger partial charge in [-0.1, -0.05) is 0 Å². The van der Waals surface area contributed by atoms with Crippen LogP contribution in [0.15, 0.2) is 18.2 Å². The third-order valence-corrected chi connectivity index (χ3v) is 5.09. The second-order valence-electron chi connectivity index (χ2n) is 8.56. The first-order valence-electron chi connectivity index (χ1n) is 9.83. The number of carbonyl (C=O) groups excluding carboxylic acids is 2. The average Bonchev–Trinajstić information content (AvgIpc) is 2.92. The maximum Gasteiger partial charge on any atom is 0.407 e. The van der Waals surface area contributed by atoms with Gasteiger partial charge in [-0.05, 0) is 64.7 Å². The van der Waals surface area contributed by atoms with E-state index in [0.717, 1.165) is 36.2 Å². The lowest BCUT2D eigenvalue weighted by molar-refractivity contribution is 0.0502. The number of imidazole rings is 1. The quantitative estimate of drug-likeness (QED) is 0.878. The number of carbonyl (C=O) groups is 2. The van der Waals surface area contributed by atoms with Crippen molar-refractivity contribution in [3.8, 4) is 0 Å². The fourth-order valence-electron chi connectivity index (χ4n) is 3.59. The molecule has 28 heavy (non-hydrogen) atoms. The van der Waals surface area contributed by atoms with Crippen molar-refractivity contribution in [3.63, 3.8) is 0 Å². The zero-order valence-electron chi connectivity index (χ0n) is 17.4. The van der Waals surface area contributed by atoms with Gasteiger partial charge in [0, 0.05) is 32.2 Å². The first-order valence-corrected chi connectivity index (χ1v) is 9.83. The van der Waals surface area contributed by atoms with E-state index in [-0.39, 0.29) is 11.8 Å². The molecule has 1 saturated heterocycles. The van der Waals surface area contributed by atoms with E-state index in [9.17, 15) is 9.59 Å². The van der Waals surface area contributed by atoms with Crippen molar-refractivity contribution in [1.82, 2.24) is 19.8 Å². The molecule has 0 radical (unpaired) electrons. The molecule has 1 aromatic carbocycles. The fourth-order valence-corrected chi connectivity index (χ4v) is 3.59. The summed E-state index contributed by atoms with van der Waals surface area (Å²) in [6.45, 7) is 9.36. The second-order valence-corrected chi connectivity index (χ2v) is 8.56. The third-order valence-electron chi connectivity index (χ3n) is 5.09. The van der Waals surface area contributed by atoms with Crippen LogP contribution in [-0.2, 0) is 11.8 Å². The SMILES string of the molecule is Cc1nc2cc(C(=O)N3CCC[C@H](CNC(=O)OC(C)(C)C)C3)ccc2n1C. The number of nitrogens with one attached hydrogen (secondary N) is 1. The summed E-state index contributed by atoms with van der Waals surface area (Å²) in [4.78, 5) is 31.3. The summed E-state index contributed by atoms with van der Waals surface area (Å²) in [7, 11) is 1.97.